The van der Waals surface area contributed by atoms with Gasteiger partial charge in [-0.1, -0.05) is 0 Å². The summed E-state index contributed by atoms with van der Waals surface area (Å²) in [5, 5.41) is 8.30. The van der Waals surface area contributed by atoms with Crippen LogP contribution in [0.4, 0.5) is 0 Å². The van der Waals surface area contributed by atoms with E-state index in [-0.39, 0.29) is 6.61 Å². The number of carbonyl (C=O) groups excluding carboxylic acids is 1. The molecule has 0 unspecified atom stereocenters. The molecule has 9 heavy (non-hydrogen) atoms. The standard InChI is InChI=1S/C6H10O3/c1-5(3-4-7)6(8)9-2/h3,7H,4H2,1-2H3/b5-3+. The van der Waals surface area contributed by atoms with E-state index in [4.69, 9.17) is 5.11 Å². The van der Waals surface area contributed by atoms with Gasteiger partial charge in [-0.3, -0.25) is 0 Å². The number of hydrogen-bond donors (Lipinski definition) is 1. The second-order valence-corrected chi connectivity index (χ2v) is 1.56. The summed E-state index contributed by atoms with van der Waals surface area (Å²) < 4.78 is 4.35. The second kappa shape index (κ2) is 4.09. The van der Waals surface area contributed by atoms with Crippen LogP contribution >= 0.6 is 0 Å². The molecule has 0 saturated heterocycles. The molecule has 0 aliphatic rings. The fourth-order valence-electron chi connectivity index (χ4n) is 0.381. The van der Waals surface area contributed by atoms with Crippen molar-refractivity contribution in [2.45, 2.75) is 6.92 Å². The highest BCUT2D eigenvalue weighted by atomic mass is 16.5. The van der Waals surface area contributed by atoms with Crippen LogP contribution in [0.2, 0.25) is 0 Å². The Kier molecular flexibility index (Phi) is 3.71. The van der Waals surface area contributed by atoms with Gasteiger partial charge in [-0.15, -0.1) is 0 Å². The third kappa shape index (κ3) is 2.87. The van der Waals surface area contributed by atoms with Gasteiger partial charge in [0.15, 0.2) is 0 Å². The quantitative estimate of drug-likeness (QED) is 0.426. The molecule has 52 valence electrons. The Morgan fingerprint density at radius 3 is 2.67 bits per heavy atom. The monoisotopic (exact) mass is 130 g/mol. The van der Waals surface area contributed by atoms with Crippen molar-refractivity contribution in [3.63, 3.8) is 0 Å². The molecule has 0 saturated carbocycles. The van der Waals surface area contributed by atoms with Gasteiger partial charge < -0.3 is 9.84 Å². The zero-order valence-electron chi connectivity index (χ0n) is 5.55. The number of aliphatic hydroxyl groups excluding tert-OH is 1. The van der Waals surface area contributed by atoms with Crippen molar-refractivity contribution in [1.29, 1.82) is 0 Å². The van der Waals surface area contributed by atoms with Crippen LogP contribution in [0, 0.1) is 0 Å². The molecule has 0 atom stereocenters. The molecule has 0 amide bonds. The van der Waals surface area contributed by atoms with E-state index in [1.54, 1.807) is 6.92 Å². The van der Waals surface area contributed by atoms with E-state index in [1.165, 1.54) is 13.2 Å². The number of ether oxygens (including phenoxy) is 1. The molecule has 0 spiro atoms. The first kappa shape index (κ1) is 8.17. The lowest BCUT2D eigenvalue weighted by atomic mass is 10.3. The Hall–Kier alpha value is -0.830. The smallest absolute Gasteiger partial charge is 0.333 e. The predicted octanol–water partition coefficient (Wildman–Crippen LogP) is 0.0980. The van der Waals surface area contributed by atoms with Crippen LogP contribution in [0.1, 0.15) is 6.92 Å². The predicted molar refractivity (Wildman–Crippen MR) is 32.9 cm³/mol. The summed E-state index contributed by atoms with van der Waals surface area (Å²) in [7, 11) is 1.30. The second-order valence-electron chi connectivity index (χ2n) is 1.56. The van der Waals surface area contributed by atoms with Gasteiger partial charge in [0.1, 0.15) is 0 Å². The van der Waals surface area contributed by atoms with Gasteiger partial charge >= 0.3 is 5.97 Å². The summed E-state index contributed by atoms with van der Waals surface area (Å²) in [5.41, 5.74) is 0.431. The summed E-state index contributed by atoms with van der Waals surface area (Å²) in [5.74, 6) is -0.399. The minimum atomic E-state index is -0.399. The molecule has 0 aromatic heterocycles. The van der Waals surface area contributed by atoms with Crippen molar-refractivity contribution in [2.24, 2.45) is 0 Å². The Bertz CT molecular complexity index is 126. The van der Waals surface area contributed by atoms with Crippen LogP contribution in [0.5, 0.6) is 0 Å². The van der Waals surface area contributed by atoms with E-state index in [2.05, 4.69) is 4.74 Å². The molecule has 0 aromatic rings. The topological polar surface area (TPSA) is 46.5 Å². The van der Waals surface area contributed by atoms with E-state index in [0.717, 1.165) is 0 Å². The molecule has 0 heterocycles. The van der Waals surface area contributed by atoms with Crippen LogP contribution in [0.3, 0.4) is 0 Å². The van der Waals surface area contributed by atoms with E-state index in [0.29, 0.717) is 5.57 Å². The molecule has 1 N–H and O–H groups in total. The molecular weight excluding hydrogens is 120 g/mol. The van der Waals surface area contributed by atoms with Crippen LogP contribution in [0.15, 0.2) is 11.6 Å². The van der Waals surface area contributed by atoms with Crippen molar-refractivity contribution in [2.75, 3.05) is 13.7 Å². The molecule has 0 radical (unpaired) electrons. The zero-order chi connectivity index (χ0) is 7.28. The highest BCUT2D eigenvalue weighted by molar-refractivity contribution is 5.87. The van der Waals surface area contributed by atoms with E-state index >= 15 is 0 Å². The maximum atomic E-state index is 10.5. The van der Waals surface area contributed by atoms with Crippen LogP contribution in [0.25, 0.3) is 0 Å². The molecule has 0 fully saturated rings. The fourth-order valence-corrected chi connectivity index (χ4v) is 0.381. The third-order valence-electron chi connectivity index (χ3n) is 0.905. The van der Waals surface area contributed by atoms with E-state index < -0.39 is 5.97 Å². The average Bonchev–Trinajstić information content (AvgIpc) is 1.87. The molecule has 0 bridgehead atoms. The number of carbonyl (C=O) groups is 1. The van der Waals surface area contributed by atoms with Crippen LogP contribution in [-0.4, -0.2) is 24.8 Å². The zero-order valence-corrected chi connectivity index (χ0v) is 5.55. The maximum Gasteiger partial charge on any atom is 0.333 e. The normalized spacial score (nSPS) is 11.2. The van der Waals surface area contributed by atoms with Crippen LogP contribution in [-0.2, 0) is 9.53 Å². The lowest BCUT2D eigenvalue weighted by Gasteiger charge is -1.95. The number of aliphatic hydroxyl groups is 1. The highest BCUT2D eigenvalue weighted by Crippen LogP contribution is 1.92. The Morgan fingerprint density at radius 1 is 1.78 bits per heavy atom. The van der Waals surface area contributed by atoms with E-state index in [9.17, 15) is 4.79 Å². The Balaban J connectivity index is 3.86. The van der Waals surface area contributed by atoms with Gasteiger partial charge in [0.2, 0.25) is 0 Å². The SMILES string of the molecule is COC(=O)/C(C)=C/CO. The fraction of sp³-hybridized carbons (Fsp3) is 0.500. The molecule has 0 aliphatic carbocycles. The van der Waals surface area contributed by atoms with Crippen molar-refractivity contribution in [3.05, 3.63) is 11.6 Å². The van der Waals surface area contributed by atoms with Gasteiger partial charge in [-0.2, -0.15) is 0 Å². The molecule has 0 rings (SSSR count). The van der Waals surface area contributed by atoms with E-state index in [1.807, 2.05) is 0 Å². The largest absolute Gasteiger partial charge is 0.466 e. The van der Waals surface area contributed by atoms with Crippen LogP contribution < -0.4 is 0 Å². The van der Waals surface area contributed by atoms with Crippen molar-refractivity contribution >= 4 is 5.97 Å². The lowest BCUT2D eigenvalue weighted by molar-refractivity contribution is -0.136. The van der Waals surface area contributed by atoms with Gasteiger partial charge in [-0.05, 0) is 13.0 Å². The third-order valence-corrected chi connectivity index (χ3v) is 0.905. The molecule has 3 nitrogen and oxygen atoms in total. The molecule has 0 aliphatic heterocycles. The lowest BCUT2D eigenvalue weighted by Crippen LogP contribution is -2.01. The molecule has 0 aromatic carbocycles. The summed E-state index contributed by atoms with van der Waals surface area (Å²) >= 11 is 0. The van der Waals surface area contributed by atoms with Gasteiger partial charge in [0.25, 0.3) is 0 Å². The summed E-state index contributed by atoms with van der Waals surface area (Å²) in [4.78, 5) is 10.5. The first-order chi connectivity index (χ1) is 4.22. The minimum absolute atomic E-state index is 0.124. The summed E-state index contributed by atoms with van der Waals surface area (Å²) in [6, 6.07) is 0. The molecule has 3 heteroatoms. The van der Waals surface area contributed by atoms with Gasteiger partial charge in [0, 0.05) is 5.57 Å². The number of methoxy groups -OCH3 is 1. The number of rotatable bonds is 2. The van der Waals surface area contributed by atoms with Crippen molar-refractivity contribution < 1.29 is 14.6 Å². The average molecular weight is 130 g/mol. The maximum absolute atomic E-state index is 10.5. The summed E-state index contributed by atoms with van der Waals surface area (Å²) in [6.07, 6.45) is 1.39. The van der Waals surface area contributed by atoms with Crippen molar-refractivity contribution in [1.82, 2.24) is 0 Å². The Labute approximate surface area is 53.9 Å². The van der Waals surface area contributed by atoms with Gasteiger partial charge in [0.05, 0.1) is 13.7 Å². The number of esters is 1. The highest BCUT2D eigenvalue weighted by Gasteiger charge is 1.99. The number of hydrogen-bond acceptors (Lipinski definition) is 3. The first-order valence-corrected chi connectivity index (χ1v) is 2.58. The van der Waals surface area contributed by atoms with Gasteiger partial charge in [-0.25, -0.2) is 4.79 Å². The minimum Gasteiger partial charge on any atom is -0.466 e. The first-order valence-electron chi connectivity index (χ1n) is 2.58. The van der Waals surface area contributed by atoms with Crippen molar-refractivity contribution in [3.8, 4) is 0 Å². The molecular formula is C6H10O3. The Morgan fingerprint density at radius 2 is 2.33 bits per heavy atom. The summed E-state index contributed by atoms with van der Waals surface area (Å²) in [6.45, 7) is 1.46.